The zero-order chi connectivity index (χ0) is 11.1. The van der Waals surface area contributed by atoms with E-state index in [0.29, 0.717) is 11.9 Å². The van der Waals surface area contributed by atoms with Crippen LogP contribution in [0.3, 0.4) is 0 Å². The molecule has 2 heterocycles. The Morgan fingerprint density at radius 1 is 1.44 bits per heavy atom. The van der Waals surface area contributed by atoms with Gasteiger partial charge >= 0.3 is 6.01 Å². The summed E-state index contributed by atoms with van der Waals surface area (Å²) in [6.45, 7) is 0.778. The Balaban J connectivity index is 1.67. The molecule has 1 unspecified atom stereocenters. The van der Waals surface area contributed by atoms with Crippen molar-refractivity contribution in [2.24, 2.45) is 0 Å². The van der Waals surface area contributed by atoms with Gasteiger partial charge in [0, 0.05) is 19.5 Å². The standard InChI is InChI=1S/C10H14N4O2/c1-14-5-4-7(9(14)15)11-10-12-8(13-16-10)6-2-3-6/h6-7H,2-5H2,1H3,(H,11,12,13). The summed E-state index contributed by atoms with van der Waals surface area (Å²) in [5, 5.41) is 6.88. The predicted octanol–water partition coefficient (Wildman–Crippen LogP) is 0.590. The van der Waals surface area contributed by atoms with Crippen molar-refractivity contribution in [3.05, 3.63) is 5.82 Å². The number of likely N-dealkylation sites (N-methyl/N-ethyl adjacent to an activating group) is 1. The molecule has 1 saturated carbocycles. The Hall–Kier alpha value is -1.59. The number of anilines is 1. The smallest absolute Gasteiger partial charge is 0.322 e. The molecule has 1 aliphatic carbocycles. The van der Waals surface area contributed by atoms with Gasteiger partial charge in [0.15, 0.2) is 5.82 Å². The zero-order valence-electron chi connectivity index (χ0n) is 9.14. The Morgan fingerprint density at radius 3 is 2.88 bits per heavy atom. The van der Waals surface area contributed by atoms with Crippen molar-refractivity contribution >= 4 is 11.9 Å². The minimum atomic E-state index is -0.211. The van der Waals surface area contributed by atoms with Gasteiger partial charge in [-0.15, -0.1) is 0 Å². The number of carbonyl (C=O) groups excluding carboxylic acids is 1. The van der Waals surface area contributed by atoms with Crippen molar-refractivity contribution in [1.29, 1.82) is 0 Å². The molecule has 0 radical (unpaired) electrons. The molecule has 0 aromatic carbocycles. The Bertz CT molecular complexity index is 413. The van der Waals surface area contributed by atoms with Crippen molar-refractivity contribution in [2.45, 2.75) is 31.2 Å². The second kappa shape index (κ2) is 3.47. The predicted molar refractivity (Wildman–Crippen MR) is 55.9 cm³/mol. The van der Waals surface area contributed by atoms with Crippen LogP contribution in [0.2, 0.25) is 0 Å². The molecule has 2 aliphatic rings. The second-order valence-corrected chi connectivity index (χ2v) is 4.48. The van der Waals surface area contributed by atoms with E-state index in [9.17, 15) is 4.79 Å². The van der Waals surface area contributed by atoms with E-state index in [2.05, 4.69) is 15.5 Å². The van der Waals surface area contributed by atoms with Gasteiger partial charge in [0.25, 0.3) is 0 Å². The Labute approximate surface area is 93.0 Å². The number of amides is 1. The van der Waals surface area contributed by atoms with Crippen molar-refractivity contribution < 1.29 is 9.32 Å². The van der Waals surface area contributed by atoms with Gasteiger partial charge in [0.1, 0.15) is 6.04 Å². The van der Waals surface area contributed by atoms with Crippen LogP contribution in [0.4, 0.5) is 6.01 Å². The first-order valence-corrected chi connectivity index (χ1v) is 5.59. The van der Waals surface area contributed by atoms with Crippen LogP contribution in [0.25, 0.3) is 0 Å². The third-order valence-corrected chi connectivity index (χ3v) is 3.11. The van der Waals surface area contributed by atoms with Crippen LogP contribution in [0.1, 0.15) is 31.0 Å². The largest absolute Gasteiger partial charge is 0.344 e. The number of carbonyl (C=O) groups is 1. The van der Waals surface area contributed by atoms with Gasteiger partial charge in [-0.25, -0.2) is 0 Å². The van der Waals surface area contributed by atoms with E-state index in [1.807, 2.05) is 0 Å². The molecule has 6 nitrogen and oxygen atoms in total. The molecule has 0 spiro atoms. The zero-order valence-corrected chi connectivity index (χ0v) is 9.14. The molecule has 16 heavy (non-hydrogen) atoms. The molecule has 1 aliphatic heterocycles. The van der Waals surface area contributed by atoms with E-state index < -0.39 is 0 Å². The molecule has 6 heteroatoms. The minimum absolute atomic E-state index is 0.0890. The topological polar surface area (TPSA) is 71.3 Å². The molecule has 3 rings (SSSR count). The van der Waals surface area contributed by atoms with Gasteiger partial charge in [-0.1, -0.05) is 5.16 Å². The molecule has 0 bridgehead atoms. The van der Waals surface area contributed by atoms with Crippen LogP contribution in [0.15, 0.2) is 4.52 Å². The highest BCUT2D eigenvalue weighted by molar-refractivity contribution is 5.85. The Morgan fingerprint density at radius 2 is 2.25 bits per heavy atom. The summed E-state index contributed by atoms with van der Waals surface area (Å²) >= 11 is 0. The third-order valence-electron chi connectivity index (χ3n) is 3.11. The Kier molecular flexibility index (Phi) is 2.08. The van der Waals surface area contributed by atoms with Gasteiger partial charge in [-0.05, 0) is 19.3 Å². The lowest BCUT2D eigenvalue weighted by atomic mass is 10.2. The molecule has 86 valence electrons. The first kappa shape index (κ1) is 9.62. The average Bonchev–Trinajstić information content (AvgIpc) is 2.96. The van der Waals surface area contributed by atoms with Crippen molar-refractivity contribution in [1.82, 2.24) is 15.0 Å². The van der Waals surface area contributed by atoms with Crippen LogP contribution in [0.5, 0.6) is 0 Å². The molecular formula is C10H14N4O2. The maximum Gasteiger partial charge on any atom is 0.322 e. The van der Waals surface area contributed by atoms with E-state index in [-0.39, 0.29) is 11.9 Å². The summed E-state index contributed by atoms with van der Waals surface area (Å²) in [6, 6.07) is 0.160. The van der Waals surface area contributed by atoms with Gasteiger partial charge in [-0.2, -0.15) is 4.98 Å². The van der Waals surface area contributed by atoms with Crippen LogP contribution >= 0.6 is 0 Å². The summed E-state index contributed by atoms with van der Waals surface area (Å²) in [4.78, 5) is 17.6. The second-order valence-electron chi connectivity index (χ2n) is 4.48. The minimum Gasteiger partial charge on any atom is -0.344 e. The summed E-state index contributed by atoms with van der Waals surface area (Å²) in [7, 11) is 1.80. The fourth-order valence-electron chi connectivity index (χ4n) is 1.91. The number of hydrogen-bond acceptors (Lipinski definition) is 5. The van der Waals surface area contributed by atoms with E-state index in [0.717, 1.165) is 31.6 Å². The molecule has 1 N–H and O–H groups in total. The molecule has 1 saturated heterocycles. The highest BCUT2D eigenvalue weighted by atomic mass is 16.5. The van der Waals surface area contributed by atoms with E-state index in [1.165, 1.54) is 0 Å². The maximum absolute atomic E-state index is 11.6. The van der Waals surface area contributed by atoms with Crippen LogP contribution in [-0.4, -0.2) is 40.6 Å². The van der Waals surface area contributed by atoms with Crippen molar-refractivity contribution in [3.8, 4) is 0 Å². The van der Waals surface area contributed by atoms with Crippen molar-refractivity contribution in [2.75, 3.05) is 18.9 Å². The first-order valence-electron chi connectivity index (χ1n) is 5.59. The summed E-state index contributed by atoms with van der Waals surface area (Å²) in [5.74, 6) is 1.33. The molecular weight excluding hydrogens is 208 g/mol. The van der Waals surface area contributed by atoms with E-state index >= 15 is 0 Å². The monoisotopic (exact) mass is 222 g/mol. The lowest BCUT2D eigenvalue weighted by Crippen LogP contribution is -2.31. The van der Waals surface area contributed by atoms with Crippen LogP contribution in [-0.2, 0) is 4.79 Å². The molecule has 1 aromatic rings. The fraction of sp³-hybridized carbons (Fsp3) is 0.700. The first-order chi connectivity index (χ1) is 7.74. The quantitative estimate of drug-likeness (QED) is 0.810. The number of likely N-dealkylation sites (tertiary alicyclic amines) is 1. The van der Waals surface area contributed by atoms with E-state index in [1.54, 1.807) is 11.9 Å². The van der Waals surface area contributed by atoms with E-state index in [4.69, 9.17) is 4.52 Å². The number of nitrogens with one attached hydrogen (secondary N) is 1. The fourth-order valence-corrected chi connectivity index (χ4v) is 1.91. The van der Waals surface area contributed by atoms with Crippen LogP contribution in [0, 0.1) is 0 Å². The number of nitrogens with zero attached hydrogens (tertiary/aromatic N) is 3. The van der Waals surface area contributed by atoms with Gasteiger partial charge in [-0.3, -0.25) is 4.79 Å². The molecule has 1 atom stereocenters. The number of aromatic nitrogens is 2. The number of hydrogen-bond donors (Lipinski definition) is 1. The molecule has 1 amide bonds. The average molecular weight is 222 g/mol. The summed E-state index contributed by atoms with van der Waals surface area (Å²) < 4.78 is 5.07. The summed E-state index contributed by atoms with van der Waals surface area (Å²) in [5.41, 5.74) is 0. The molecule has 1 aromatic heterocycles. The van der Waals surface area contributed by atoms with Crippen LogP contribution < -0.4 is 5.32 Å². The number of rotatable bonds is 3. The van der Waals surface area contributed by atoms with Gasteiger partial charge in [0.2, 0.25) is 5.91 Å². The highest BCUT2D eigenvalue weighted by Crippen LogP contribution is 2.38. The van der Waals surface area contributed by atoms with Crippen molar-refractivity contribution in [3.63, 3.8) is 0 Å². The molecule has 2 fully saturated rings. The summed E-state index contributed by atoms with van der Waals surface area (Å²) in [6.07, 6.45) is 3.07. The maximum atomic E-state index is 11.6. The SMILES string of the molecule is CN1CCC(Nc2nc(C3CC3)no2)C1=O. The lowest BCUT2D eigenvalue weighted by molar-refractivity contribution is -0.127. The normalized spacial score (nSPS) is 25.2. The highest BCUT2D eigenvalue weighted by Gasteiger charge is 2.32. The van der Waals surface area contributed by atoms with Gasteiger partial charge in [0.05, 0.1) is 0 Å². The lowest BCUT2D eigenvalue weighted by Gasteiger charge is -2.09. The third kappa shape index (κ3) is 1.64. The van der Waals surface area contributed by atoms with Gasteiger partial charge < -0.3 is 14.7 Å².